The van der Waals surface area contributed by atoms with Crippen LogP contribution in [-0.2, 0) is 0 Å². The fourth-order valence-corrected chi connectivity index (χ4v) is 8.12. The zero-order chi connectivity index (χ0) is 20.8. The van der Waals surface area contributed by atoms with Crippen molar-refractivity contribution >= 4 is 110 Å². The molecule has 8 rings (SSSR count). The van der Waals surface area contributed by atoms with Crippen LogP contribution < -0.4 is 10.7 Å². The molecule has 0 N–H and O–H groups in total. The first kappa shape index (κ1) is 16.7. The molecule has 1 aromatic carbocycles. The second-order valence-electron chi connectivity index (χ2n) is 8.20. The first-order valence-electron chi connectivity index (χ1n) is 9.98. The second-order valence-corrected chi connectivity index (χ2v) is 11.7. The Kier molecular flexibility index (Phi) is 2.73. The topological polar surface area (TPSA) is 34.6 Å². The largest absolute Gasteiger partial charge is 0.291 e. The minimum atomic E-state index is 0.991. The number of benzene rings is 1. The normalized spacial score (nSPS) is 13.1. The Balaban J connectivity index is 1.71. The molecule has 0 saturated heterocycles. The monoisotopic (exact) mass is 454 g/mol. The van der Waals surface area contributed by atoms with Crippen LogP contribution in [0.1, 0.15) is 9.75 Å². The van der Waals surface area contributed by atoms with E-state index in [1.54, 1.807) is 34.0 Å². The van der Waals surface area contributed by atoms with Gasteiger partial charge in [-0.05, 0) is 38.1 Å². The van der Waals surface area contributed by atoms with Crippen molar-refractivity contribution in [2.45, 2.75) is 13.8 Å². The van der Waals surface area contributed by atoms with Crippen molar-refractivity contribution in [3.8, 4) is 0 Å². The quantitative estimate of drug-likeness (QED) is 0.271. The van der Waals surface area contributed by atoms with Gasteiger partial charge >= 0.3 is 0 Å². The summed E-state index contributed by atoms with van der Waals surface area (Å²) in [6.45, 7) is 13.3. The molecule has 0 fully saturated rings. The van der Waals surface area contributed by atoms with Gasteiger partial charge in [0.2, 0.25) is 0 Å². The van der Waals surface area contributed by atoms with Gasteiger partial charge in [0.25, 0.3) is 0 Å². The van der Waals surface area contributed by atoms with Crippen LogP contribution in [0.3, 0.4) is 0 Å². The molecule has 0 bridgehead atoms. The van der Waals surface area contributed by atoms with Gasteiger partial charge in [-0.2, -0.15) is 0 Å². The number of hydrogen-bond acceptors (Lipinski definition) is 5. The minimum Gasteiger partial charge on any atom is -0.291 e. The smallest absolute Gasteiger partial charge is 0.147 e. The predicted molar refractivity (Wildman–Crippen MR) is 136 cm³/mol. The summed E-state index contributed by atoms with van der Waals surface area (Å²) in [5, 5.41) is 6.86. The zero-order valence-corrected chi connectivity index (χ0v) is 19.2. The number of nitrogens with zero attached hydrogens (tertiary/aromatic N) is 4. The van der Waals surface area contributed by atoms with Gasteiger partial charge in [-0.1, -0.05) is 13.2 Å². The van der Waals surface area contributed by atoms with Gasteiger partial charge in [0.05, 0.1) is 31.1 Å². The van der Waals surface area contributed by atoms with E-state index in [-0.39, 0.29) is 0 Å². The molecule has 4 nitrogen and oxygen atoms in total. The van der Waals surface area contributed by atoms with Gasteiger partial charge in [0, 0.05) is 31.3 Å². The number of thiophene rings is 3. The average Bonchev–Trinajstić information content (AvgIpc) is 3.49. The molecular weight excluding hydrogens is 440 g/mol. The van der Waals surface area contributed by atoms with E-state index in [9.17, 15) is 0 Å². The van der Waals surface area contributed by atoms with E-state index in [1.165, 1.54) is 40.7 Å². The Labute approximate surface area is 186 Å². The van der Waals surface area contributed by atoms with Gasteiger partial charge in [-0.3, -0.25) is 8.80 Å². The van der Waals surface area contributed by atoms with Crippen molar-refractivity contribution < 1.29 is 0 Å². The highest BCUT2D eigenvalue weighted by Gasteiger charge is 2.22. The Morgan fingerprint density at radius 1 is 0.710 bits per heavy atom. The number of aromatic nitrogens is 4. The molecule has 0 spiro atoms. The molecule has 0 radical (unpaired) electrons. The van der Waals surface area contributed by atoms with Crippen LogP contribution >= 0.6 is 34.0 Å². The number of hydrogen-bond donors (Lipinski definition) is 0. The maximum atomic E-state index is 5.01. The van der Waals surface area contributed by atoms with Crippen LogP contribution in [0.2, 0.25) is 0 Å². The Hall–Kier alpha value is -3.00. The molecule has 7 aromatic heterocycles. The summed E-state index contributed by atoms with van der Waals surface area (Å²) in [5.41, 5.74) is 4.28. The average molecular weight is 455 g/mol. The third kappa shape index (κ3) is 1.76. The summed E-state index contributed by atoms with van der Waals surface area (Å²) in [5.74, 6) is 0. The van der Waals surface area contributed by atoms with Gasteiger partial charge < -0.3 is 0 Å². The van der Waals surface area contributed by atoms with Gasteiger partial charge in [0.1, 0.15) is 21.0 Å². The molecule has 0 atom stereocenters. The van der Waals surface area contributed by atoms with Gasteiger partial charge in [-0.25, -0.2) is 9.97 Å². The maximum absolute atomic E-state index is 5.01. The lowest BCUT2D eigenvalue weighted by Gasteiger charge is -2.07. The first-order valence-corrected chi connectivity index (χ1v) is 12.4. The summed E-state index contributed by atoms with van der Waals surface area (Å²) >= 11 is 5.28. The predicted octanol–water partition coefficient (Wildman–Crippen LogP) is 5.81. The van der Waals surface area contributed by atoms with Crippen molar-refractivity contribution in [1.82, 2.24) is 18.8 Å². The van der Waals surface area contributed by atoms with Crippen LogP contribution in [0.25, 0.3) is 76.1 Å². The van der Waals surface area contributed by atoms with Gasteiger partial charge in [-0.15, -0.1) is 34.0 Å². The summed E-state index contributed by atoms with van der Waals surface area (Å²) in [7, 11) is 0. The van der Waals surface area contributed by atoms with Crippen molar-refractivity contribution in [1.29, 1.82) is 0 Å². The molecule has 0 aliphatic heterocycles. The van der Waals surface area contributed by atoms with Gasteiger partial charge in [0.15, 0.2) is 0 Å². The minimum absolute atomic E-state index is 0.991. The zero-order valence-electron chi connectivity index (χ0n) is 16.7. The van der Waals surface area contributed by atoms with Crippen molar-refractivity contribution in [2.75, 3.05) is 0 Å². The lowest BCUT2D eigenvalue weighted by Crippen LogP contribution is -2.11. The highest BCUT2D eigenvalue weighted by atomic mass is 32.1. The molecule has 7 heteroatoms. The van der Waals surface area contributed by atoms with E-state index in [0.29, 0.717) is 0 Å². The van der Waals surface area contributed by atoms with E-state index in [0.717, 1.165) is 42.7 Å². The highest BCUT2D eigenvalue weighted by molar-refractivity contribution is 7.26. The van der Waals surface area contributed by atoms with Crippen LogP contribution in [-0.4, -0.2) is 18.8 Å². The lowest BCUT2D eigenvalue weighted by atomic mass is 10.0. The number of pyridine rings is 2. The number of rotatable bonds is 0. The van der Waals surface area contributed by atoms with Crippen LogP contribution in [0, 0.1) is 13.8 Å². The molecule has 148 valence electrons. The molecule has 7 heterocycles. The summed E-state index contributed by atoms with van der Waals surface area (Å²) < 4.78 is 6.88. The fourth-order valence-electron chi connectivity index (χ4n) is 5.15. The SMILES string of the molecule is C=c1c2sc3c(=C)n4c5cc(C)sc5nc4c4ccc(c2c34)c2nc3sc(C)cc3n12. The van der Waals surface area contributed by atoms with Crippen molar-refractivity contribution in [3.63, 3.8) is 0 Å². The summed E-state index contributed by atoms with van der Waals surface area (Å²) in [4.78, 5) is 14.7. The summed E-state index contributed by atoms with van der Waals surface area (Å²) in [6.07, 6.45) is 0. The first-order chi connectivity index (χ1) is 15.0. The molecular formula is C24H14N4S3. The number of imidazole rings is 2. The lowest BCUT2D eigenvalue weighted by molar-refractivity contribution is 1.21. The Morgan fingerprint density at radius 2 is 1.16 bits per heavy atom. The molecule has 31 heavy (non-hydrogen) atoms. The van der Waals surface area contributed by atoms with Crippen LogP contribution in [0.5, 0.6) is 0 Å². The van der Waals surface area contributed by atoms with E-state index < -0.39 is 0 Å². The Morgan fingerprint density at radius 3 is 1.61 bits per heavy atom. The molecule has 8 aromatic rings. The fraction of sp³-hybridized carbons (Fsp3) is 0.0833. The molecule has 0 aliphatic rings. The molecule has 0 saturated carbocycles. The molecule has 0 amide bonds. The van der Waals surface area contributed by atoms with Crippen molar-refractivity contribution in [3.05, 3.63) is 44.7 Å². The van der Waals surface area contributed by atoms with E-state index in [2.05, 4.69) is 60.1 Å². The van der Waals surface area contributed by atoms with Crippen LogP contribution in [0.15, 0.2) is 24.3 Å². The number of aryl methyl sites for hydroxylation is 2. The van der Waals surface area contributed by atoms with Crippen LogP contribution in [0.4, 0.5) is 0 Å². The Bertz CT molecular complexity index is 2010. The standard InChI is InChI=1S/C24H14N4S3/c1-9-7-15-23(29-9)25-21-13-5-6-14-18-17(13)19(11(3)27(15)21)31-20(18)12(4)28-16-8-10(2)30-24(16)26-22(14)28/h5-8H,3-4H2,1-2H3. The van der Waals surface area contributed by atoms with E-state index >= 15 is 0 Å². The summed E-state index contributed by atoms with van der Waals surface area (Å²) in [6, 6.07) is 8.86. The van der Waals surface area contributed by atoms with Crippen molar-refractivity contribution in [2.24, 2.45) is 0 Å². The third-order valence-corrected chi connectivity index (χ3v) is 9.52. The van der Waals surface area contributed by atoms with E-state index in [4.69, 9.17) is 9.97 Å². The maximum Gasteiger partial charge on any atom is 0.147 e. The highest BCUT2D eigenvalue weighted by Crippen LogP contribution is 2.41. The van der Waals surface area contributed by atoms with E-state index in [1.807, 2.05) is 0 Å². The third-order valence-electron chi connectivity index (χ3n) is 6.36. The molecule has 0 unspecified atom stereocenters. The molecule has 0 aliphatic carbocycles. The number of fused-ring (bicyclic) bond motifs is 8. The second kappa shape index (κ2) is 5.07.